The Morgan fingerprint density at radius 1 is 1.22 bits per heavy atom. The molecule has 2 fully saturated rings. The lowest BCUT2D eigenvalue weighted by Gasteiger charge is -2.24. The molecular formula is C25H28FN3O3. The van der Waals surface area contributed by atoms with Crippen LogP contribution < -0.4 is 10.3 Å². The summed E-state index contributed by atoms with van der Waals surface area (Å²) < 4.78 is 30.4. The number of hydrogen-bond acceptors (Lipinski definition) is 4. The van der Waals surface area contributed by atoms with Gasteiger partial charge in [0.1, 0.15) is 11.9 Å². The minimum atomic E-state index is -0.329. The second-order valence-electron chi connectivity index (χ2n) is 8.64. The molecule has 2 aliphatic rings. The van der Waals surface area contributed by atoms with Gasteiger partial charge in [-0.3, -0.25) is 14.0 Å². The lowest BCUT2D eigenvalue weighted by atomic mass is 10.1. The molecule has 3 heterocycles. The first kappa shape index (κ1) is 20.9. The predicted octanol–water partition coefficient (Wildman–Crippen LogP) is 4.22. The summed E-state index contributed by atoms with van der Waals surface area (Å²) in [6, 6.07) is 7.07. The number of hydrogen-bond donors (Lipinski definition) is 0. The molecule has 1 saturated heterocycles. The van der Waals surface area contributed by atoms with E-state index in [1.807, 2.05) is 23.9 Å². The maximum absolute atomic E-state index is 15.5. The van der Waals surface area contributed by atoms with Gasteiger partial charge < -0.3 is 9.47 Å². The van der Waals surface area contributed by atoms with Crippen LogP contribution >= 0.6 is 0 Å². The number of ether oxygens (including phenoxy) is 2. The third kappa shape index (κ3) is 4.35. The Morgan fingerprint density at radius 2 is 2.03 bits per heavy atom. The average Bonchev–Trinajstić information content (AvgIpc) is 3.55. The van der Waals surface area contributed by atoms with Crippen LogP contribution in [-0.2, 0) is 17.7 Å². The van der Waals surface area contributed by atoms with Gasteiger partial charge in [-0.05, 0) is 48.9 Å². The highest BCUT2D eigenvalue weighted by Crippen LogP contribution is 2.44. The summed E-state index contributed by atoms with van der Waals surface area (Å²) in [5.41, 5.74) is 2.24. The second kappa shape index (κ2) is 8.90. The SMILES string of the molecule is CCn1cc(Cc2cccn(-c3cc(OC4CCOCC4)cc(C4CC4)c3F)c2=O)cn1. The van der Waals surface area contributed by atoms with Gasteiger partial charge in [0.2, 0.25) is 0 Å². The van der Waals surface area contributed by atoms with Gasteiger partial charge in [0, 0.05) is 49.8 Å². The Bertz CT molecular complexity index is 1160. The summed E-state index contributed by atoms with van der Waals surface area (Å²) in [5, 5.41) is 4.28. The van der Waals surface area contributed by atoms with Gasteiger partial charge in [-0.1, -0.05) is 6.07 Å². The maximum Gasteiger partial charge on any atom is 0.258 e. The number of nitrogens with zero attached hydrogens (tertiary/aromatic N) is 3. The number of aromatic nitrogens is 3. The molecule has 1 aliphatic carbocycles. The molecule has 1 aromatic carbocycles. The Balaban J connectivity index is 1.51. The van der Waals surface area contributed by atoms with Crippen molar-refractivity contribution in [3.05, 3.63) is 75.7 Å². The zero-order chi connectivity index (χ0) is 22.1. The molecule has 0 atom stereocenters. The van der Waals surface area contributed by atoms with E-state index in [9.17, 15) is 4.79 Å². The predicted molar refractivity (Wildman–Crippen MR) is 119 cm³/mol. The van der Waals surface area contributed by atoms with Gasteiger partial charge in [-0.25, -0.2) is 4.39 Å². The van der Waals surface area contributed by atoms with Gasteiger partial charge in [0.15, 0.2) is 5.82 Å². The Hall–Kier alpha value is -2.93. The molecule has 1 saturated carbocycles. The van der Waals surface area contributed by atoms with Crippen molar-refractivity contribution in [3.63, 3.8) is 0 Å². The topological polar surface area (TPSA) is 58.3 Å². The van der Waals surface area contributed by atoms with Crippen molar-refractivity contribution in [1.82, 2.24) is 14.3 Å². The number of benzene rings is 1. The molecule has 0 bridgehead atoms. The highest BCUT2D eigenvalue weighted by atomic mass is 19.1. The monoisotopic (exact) mass is 437 g/mol. The highest BCUT2D eigenvalue weighted by Gasteiger charge is 2.30. The molecule has 5 rings (SSSR count). The van der Waals surface area contributed by atoms with E-state index >= 15 is 4.39 Å². The van der Waals surface area contributed by atoms with Crippen LogP contribution in [0.4, 0.5) is 4.39 Å². The van der Waals surface area contributed by atoms with Crippen molar-refractivity contribution < 1.29 is 13.9 Å². The summed E-state index contributed by atoms with van der Waals surface area (Å²) in [6.07, 6.45) is 9.40. The van der Waals surface area contributed by atoms with E-state index in [4.69, 9.17) is 9.47 Å². The molecule has 6 nitrogen and oxygen atoms in total. The van der Waals surface area contributed by atoms with E-state index < -0.39 is 0 Å². The number of halogens is 1. The summed E-state index contributed by atoms with van der Waals surface area (Å²) in [5.74, 6) is 0.493. The summed E-state index contributed by atoms with van der Waals surface area (Å²) in [4.78, 5) is 13.3. The number of pyridine rings is 1. The van der Waals surface area contributed by atoms with Gasteiger partial charge in [0.25, 0.3) is 5.56 Å². The molecule has 0 radical (unpaired) electrons. The minimum absolute atomic E-state index is 0.0484. The average molecular weight is 438 g/mol. The van der Waals surface area contributed by atoms with Crippen molar-refractivity contribution in [1.29, 1.82) is 0 Å². The smallest absolute Gasteiger partial charge is 0.258 e. The molecule has 0 N–H and O–H groups in total. The molecule has 3 aromatic rings. The highest BCUT2D eigenvalue weighted by molar-refractivity contribution is 5.48. The normalized spacial score (nSPS) is 16.9. The zero-order valence-electron chi connectivity index (χ0n) is 18.3. The van der Waals surface area contributed by atoms with Gasteiger partial charge >= 0.3 is 0 Å². The fourth-order valence-corrected chi connectivity index (χ4v) is 4.28. The number of aryl methyl sites for hydroxylation is 1. The van der Waals surface area contributed by atoms with E-state index in [0.717, 1.165) is 37.8 Å². The van der Waals surface area contributed by atoms with E-state index in [0.29, 0.717) is 36.5 Å². The molecule has 0 amide bonds. The Labute approximate surface area is 186 Å². The first-order valence-corrected chi connectivity index (χ1v) is 11.4. The Morgan fingerprint density at radius 3 is 2.75 bits per heavy atom. The molecule has 0 spiro atoms. The molecular weight excluding hydrogens is 409 g/mol. The fraction of sp³-hybridized carbons (Fsp3) is 0.440. The summed E-state index contributed by atoms with van der Waals surface area (Å²) in [7, 11) is 0. The van der Waals surface area contributed by atoms with Crippen LogP contribution in [0.25, 0.3) is 5.69 Å². The standard InChI is InChI=1S/C25H28FN3O3/c1-2-28-16-17(15-27-28)12-19-4-3-9-29(25(19)30)23-14-21(32-20-7-10-31-11-8-20)13-22(24(23)26)18-5-6-18/h3-4,9,13-16,18,20H,2,5-8,10-12H2,1H3. The lowest BCUT2D eigenvalue weighted by Crippen LogP contribution is -2.26. The first-order chi connectivity index (χ1) is 15.6. The quantitative estimate of drug-likeness (QED) is 0.555. The third-order valence-corrected chi connectivity index (χ3v) is 6.23. The largest absolute Gasteiger partial charge is 0.490 e. The van der Waals surface area contributed by atoms with Crippen LogP contribution in [0.15, 0.2) is 47.7 Å². The molecule has 1 aliphatic heterocycles. The molecule has 2 aromatic heterocycles. The third-order valence-electron chi connectivity index (χ3n) is 6.23. The van der Waals surface area contributed by atoms with E-state index in [1.54, 1.807) is 30.6 Å². The summed E-state index contributed by atoms with van der Waals surface area (Å²) in [6.45, 7) is 4.13. The van der Waals surface area contributed by atoms with Crippen LogP contribution in [0.3, 0.4) is 0 Å². The van der Waals surface area contributed by atoms with Gasteiger partial charge in [-0.2, -0.15) is 5.10 Å². The van der Waals surface area contributed by atoms with Crippen molar-refractivity contribution >= 4 is 0 Å². The maximum atomic E-state index is 15.5. The Kier molecular flexibility index (Phi) is 5.83. The molecule has 7 heteroatoms. The molecule has 32 heavy (non-hydrogen) atoms. The van der Waals surface area contributed by atoms with E-state index in [1.165, 1.54) is 4.57 Å². The molecule has 0 unspecified atom stereocenters. The number of rotatable bonds is 7. The van der Waals surface area contributed by atoms with Crippen molar-refractivity contribution in [2.24, 2.45) is 0 Å². The van der Waals surface area contributed by atoms with E-state index in [2.05, 4.69) is 5.10 Å². The van der Waals surface area contributed by atoms with Crippen LogP contribution in [0.5, 0.6) is 5.75 Å². The lowest BCUT2D eigenvalue weighted by molar-refractivity contribution is 0.0255. The van der Waals surface area contributed by atoms with Crippen molar-refractivity contribution in [2.75, 3.05) is 13.2 Å². The van der Waals surface area contributed by atoms with Gasteiger partial charge in [-0.15, -0.1) is 0 Å². The minimum Gasteiger partial charge on any atom is -0.490 e. The second-order valence-corrected chi connectivity index (χ2v) is 8.64. The fourth-order valence-electron chi connectivity index (χ4n) is 4.28. The zero-order valence-corrected chi connectivity index (χ0v) is 18.3. The van der Waals surface area contributed by atoms with Crippen LogP contribution in [0, 0.1) is 5.82 Å². The molecule has 168 valence electrons. The van der Waals surface area contributed by atoms with E-state index in [-0.39, 0.29) is 29.1 Å². The first-order valence-electron chi connectivity index (χ1n) is 11.4. The van der Waals surface area contributed by atoms with Gasteiger partial charge in [0.05, 0.1) is 25.1 Å². The van der Waals surface area contributed by atoms with Crippen molar-refractivity contribution in [2.45, 2.75) is 57.6 Å². The summed E-state index contributed by atoms with van der Waals surface area (Å²) >= 11 is 0. The van der Waals surface area contributed by atoms with Crippen molar-refractivity contribution in [3.8, 4) is 11.4 Å². The van der Waals surface area contributed by atoms with Crippen LogP contribution in [-0.4, -0.2) is 33.7 Å². The van der Waals surface area contributed by atoms with Crippen LogP contribution in [0.2, 0.25) is 0 Å². The van der Waals surface area contributed by atoms with Crippen LogP contribution in [0.1, 0.15) is 55.2 Å².